The second kappa shape index (κ2) is 11.7. The van der Waals surface area contributed by atoms with Crippen LogP contribution in [-0.4, -0.2) is 53.0 Å². The van der Waals surface area contributed by atoms with Crippen molar-refractivity contribution in [1.82, 2.24) is 0 Å². The third kappa shape index (κ3) is 6.99. The van der Waals surface area contributed by atoms with E-state index in [-0.39, 0.29) is 36.5 Å². The van der Waals surface area contributed by atoms with E-state index < -0.39 is 23.3 Å². The molecular weight excluding hydrogens is 468 g/mol. The highest BCUT2D eigenvalue weighted by atomic mass is 16.5. The Kier molecular flexibility index (Phi) is 8.51. The molecule has 0 atom stereocenters. The highest BCUT2D eigenvalue weighted by Gasteiger charge is 2.32. The summed E-state index contributed by atoms with van der Waals surface area (Å²) in [6, 6.07) is 18.1. The van der Waals surface area contributed by atoms with Crippen LogP contribution in [0.2, 0.25) is 0 Å². The molecule has 0 unspecified atom stereocenters. The number of rotatable bonds is 13. The van der Waals surface area contributed by atoms with Gasteiger partial charge in [0, 0.05) is 0 Å². The average Bonchev–Trinajstić information content (AvgIpc) is 2.89. The molecular formula is C27H26O9. The summed E-state index contributed by atoms with van der Waals surface area (Å²) in [5.74, 6) is -1.66. The molecule has 0 aromatic heterocycles. The Labute approximate surface area is 207 Å². The van der Waals surface area contributed by atoms with Crippen LogP contribution in [0.5, 0.6) is 17.2 Å². The molecule has 0 aliphatic heterocycles. The minimum Gasteiger partial charge on any atom is -0.493 e. The van der Waals surface area contributed by atoms with Crippen LogP contribution in [0.25, 0.3) is 0 Å². The molecule has 0 heterocycles. The van der Waals surface area contributed by atoms with Crippen LogP contribution in [0.15, 0.2) is 72.8 Å². The van der Waals surface area contributed by atoms with Crippen molar-refractivity contribution in [3.8, 4) is 17.2 Å². The number of carboxylic acids is 3. The molecule has 0 saturated carbocycles. The molecule has 9 nitrogen and oxygen atoms in total. The van der Waals surface area contributed by atoms with Gasteiger partial charge in [-0.15, -0.1) is 0 Å². The molecule has 3 N–H and O–H groups in total. The van der Waals surface area contributed by atoms with Gasteiger partial charge in [0.1, 0.15) is 37.1 Å². The van der Waals surface area contributed by atoms with Gasteiger partial charge in [-0.1, -0.05) is 6.92 Å². The van der Waals surface area contributed by atoms with E-state index in [1.165, 1.54) is 36.4 Å². The van der Waals surface area contributed by atoms with E-state index in [9.17, 15) is 14.4 Å². The third-order valence-corrected chi connectivity index (χ3v) is 5.69. The van der Waals surface area contributed by atoms with Gasteiger partial charge >= 0.3 is 17.9 Å². The predicted octanol–water partition coefficient (Wildman–Crippen LogP) is 4.71. The van der Waals surface area contributed by atoms with Crippen molar-refractivity contribution in [2.45, 2.75) is 13.3 Å². The van der Waals surface area contributed by atoms with E-state index in [4.69, 9.17) is 29.5 Å². The first-order valence-electron chi connectivity index (χ1n) is 11.1. The van der Waals surface area contributed by atoms with Crippen molar-refractivity contribution >= 4 is 17.9 Å². The van der Waals surface area contributed by atoms with E-state index in [0.717, 1.165) is 0 Å². The molecule has 3 aromatic carbocycles. The predicted molar refractivity (Wildman–Crippen MR) is 129 cm³/mol. The summed E-state index contributed by atoms with van der Waals surface area (Å²) in [6.45, 7) is 2.48. The molecule has 0 radical (unpaired) electrons. The molecule has 3 rings (SSSR count). The maximum atomic E-state index is 11.1. The molecule has 0 amide bonds. The Hall–Kier alpha value is -4.53. The summed E-state index contributed by atoms with van der Waals surface area (Å²) in [4.78, 5) is 33.3. The lowest BCUT2D eigenvalue weighted by molar-refractivity contribution is 0.0293. The van der Waals surface area contributed by atoms with E-state index >= 15 is 0 Å². The summed E-state index contributed by atoms with van der Waals surface area (Å²) < 4.78 is 17.9. The molecule has 0 saturated heterocycles. The van der Waals surface area contributed by atoms with Crippen molar-refractivity contribution in [2.24, 2.45) is 5.41 Å². The summed E-state index contributed by atoms with van der Waals surface area (Å²) in [7, 11) is 0. The second-order valence-electron chi connectivity index (χ2n) is 8.21. The van der Waals surface area contributed by atoms with Crippen molar-refractivity contribution in [3.63, 3.8) is 0 Å². The van der Waals surface area contributed by atoms with E-state index in [1.54, 1.807) is 36.4 Å². The summed E-state index contributed by atoms with van der Waals surface area (Å²) in [5, 5.41) is 27.3. The fraction of sp³-hybridized carbons (Fsp3) is 0.222. The number of hydrogen-bond acceptors (Lipinski definition) is 6. The summed E-state index contributed by atoms with van der Waals surface area (Å²) >= 11 is 0. The Balaban J connectivity index is 1.75. The van der Waals surface area contributed by atoms with E-state index in [0.29, 0.717) is 23.7 Å². The number of ether oxygens (including phenoxy) is 3. The third-order valence-electron chi connectivity index (χ3n) is 5.69. The summed E-state index contributed by atoms with van der Waals surface area (Å²) in [5.41, 5.74) is -0.219. The van der Waals surface area contributed by atoms with Crippen molar-refractivity contribution in [3.05, 3.63) is 89.5 Å². The lowest BCUT2D eigenvalue weighted by atomic mass is 9.88. The molecule has 0 spiro atoms. The van der Waals surface area contributed by atoms with Crippen LogP contribution in [0.4, 0.5) is 0 Å². The number of benzene rings is 3. The lowest BCUT2D eigenvalue weighted by Gasteiger charge is -2.32. The molecule has 3 aromatic rings. The zero-order valence-electron chi connectivity index (χ0n) is 19.5. The normalized spacial score (nSPS) is 10.9. The number of carboxylic acid groups (broad SMARTS) is 3. The zero-order chi connectivity index (χ0) is 26.1. The van der Waals surface area contributed by atoms with Gasteiger partial charge in [-0.3, -0.25) is 0 Å². The Morgan fingerprint density at radius 2 is 0.806 bits per heavy atom. The van der Waals surface area contributed by atoms with Crippen molar-refractivity contribution < 1.29 is 43.9 Å². The monoisotopic (exact) mass is 494 g/mol. The lowest BCUT2D eigenvalue weighted by Crippen LogP contribution is -2.40. The highest BCUT2D eigenvalue weighted by Crippen LogP contribution is 2.28. The van der Waals surface area contributed by atoms with E-state index in [2.05, 4.69) is 0 Å². The van der Waals surface area contributed by atoms with Crippen molar-refractivity contribution in [1.29, 1.82) is 0 Å². The smallest absolute Gasteiger partial charge is 0.335 e. The molecule has 0 bridgehead atoms. The van der Waals surface area contributed by atoms with Crippen LogP contribution in [0, 0.1) is 5.41 Å². The number of hydrogen-bond donors (Lipinski definition) is 3. The molecule has 0 aliphatic rings. The van der Waals surface area contributed by atoms with Gasteiger partial charge in [0.15, 0.2) is 0 Å². The first-order chi connectivity index (χ1) is 17.2. The Morgan fingerprint density at radius 1 is 0.556 bits per heavy atom. The Bertz CT molecular complexity index is 1030. The molecule has 0 fully saturated rings. The van der Waals surface area contributed by atoms with Crippen LogP contribution < -0.4 is 14.2 Å². The first-order valence-corrected chi connectivity index (χ1v) is 11.1. The van der Waals surface area contributed by atoms with Crippen LogP contribution >= 0.6 is 0 Å². The minimum atomic E-state index is -1.03. The molecule has 0 aliphatic carbocycles. The standard InChI is InChI=1S/C27H26O9/c1-2-27(15-34-21-9-3-18(4-10-21)24(28)29,16-35-22-11-5-19(6-12-22)25(30)31)17-36-23-13-7-20(8-14-23)26(32)33/h3-14H,2,15-17H2,1H3,(H,28,29)(H,30,31)(H,32,33). The van der Waals surface area contributed by atoms with Gasteiger partial charge in [-0.05, 0) is 79.2 Å². The van der Waals surface area contributed by atoms with E-state index in [1.807, 2.05) is 6.92 Å². The quantitative estimate of drug-likeness (QED) is 0.308. The summed E-state index contributed by atoms with van der Waals surface area (Å²) in [6.07, 6.45) is 0.584. The van der Waals surface area contributed by atoms with Gasteiger partial charge in [-0.2, -0.15) is 0 Å². The fourth-order valence-electron chi connectivity index (χ4n) is 3.22. The second-order valence-corrected chi connectivity index (χ2v) is 8.21. The topological polar surface area (TPSA) is 140 Å². The number of carbonyl (C=O) groups is 3. The van der Waals surface area contributed by atoms with Gasteiger partial charge in [0.25, 0.3) is 0 Å². The molecule has 9 heteroatoms. The fourth-order valence-corrected chi connectivity index (χ4v) is 3.22. The molecule has 36 heavy (non-hydrogen) atoms. The highest BCUT2D eigenvalue weighted by molar-refractivity contribution is 5.88. The van der Waals surface area contributed by atoms with Crippen molar-refractivity contribution in [2.75, 3.05) is 19.8 Å². The first kappa shape index (κ1) is 26.1. The van der Waals surface area contributed by atoms with Crippen LogP contribution in [0.1, 0.15) is 44.4 Å². The van der Waals surface area contributed by atoms with Crippen LogP contribution in [-0.2, 0) is 0 Å². The maximum absolute atomic E-state index is 11.1. The Morgan fingerprint density at radius 3 is 1.00 bits per heavy atom. The largest absolute Gasteiger partial charge is 0.493 e. The zero-order valence-corrected chi connectivity index (χ0v) is 19.5. The van der Waals surface area contributed by atoms with Gasteiger partial charge in [-0.25, -0.2) is 14.4 Å². The van der Waals surface area contributed by atoms with Crippen LogP contribution in [0.3, 0.4) is 0 Å². The molecule has 188 valence electrons. The maximum Gasteiger partial charge on any atom is 0.335 e. The van der Waals surface area contributed by atoms with Gasteiger partial charge in [0.05, 0.1) is 22.1 Å². The SMILES string of the molecule is CCC(COc1ccc(C(=O)O)cc1)(COc1ccc(C(=O)O)cc1)COc1ccc(C(=O)O)cc1. The van der Waals surface area contributed by atoms with Gasteiger partial charge in [0.2, 0.25) is 0 Å². The number of aromatic carboxylic acids is 3. The minimum absolute atomic E-state index is 0.144. The average molecular weight is 494 g/mol. The van der Waals surface area contributed by atoms with Gasteiger partial charge < -0.3 is 29.5 Å².